The third-order valence-corrected chi connectivity index (χ3v) is 5.53. The summed E-state index contributed by atoms with van der Waals surface area (Å²) >= 11 is 7.37. The number of benzene rings is 2. The molecule has 4 rings (SSSR count). The molecule has 0 aliphatic heterocycles. The number of halogens is 1. The molecule has 0 radical (unpaired) electrons. The van der Waals surface area contributed by atoms with Gasteiger partial charge in [-0.2, -0.15) is 5.10 Å². The number of hydrogen-bond donors (Lipinski definition) is 0. The van der Waals surface area contributed by atoms with Gasteiger partial charge in [-0.25, -0.2) is 9.50 Å². The van der Waals surface area contributed by atoms with Crippen LogP contribution in [0.5, 0.6) is 5.75 Å². The number of carbonyl (C=O) groups excluding carboxylic acids is 1. The van der Waals surface area contributed by atoms with E-state index in [0.29, 0.717) is 17.2 Å². The molecule has 0 unspecified atom stereocenters. The van der Waals surface area contributed by atoms with Crippen LogP contribution in [0.15, 0.2) is 72.0 Å². The van der Waals surface area contributed by atoms with Crippen LogP contribution in [-0.2, 0) is 0 Å². The van der Waals surface area contributed by atoms with E-state index in [4.69, 9.17) is 16.3 Å². The highest BCUT2D eigenvalue weighted by atomic mass is 35.5. The summed E-state index contributed by atoms with van der Waals surface area (Å²) in [5, 5.41) is 5.95. The number of carbonyl (C=O) groups is 1. The average molecular weight is 424 g/mol. The Balaban J connectivity index is 1.55. The van der Waals surface area contributed by atoms with E-state index in [-0.39, 0.29) is 11.5 Å². The molecule has 0 saturated heterocycles. The lowest BCUT2D eigenvalue weighted by molar-refractivity contribution is 0.102. The normalized spacial score (nSPS) is 11.0. The first kappa shape index (κ1) is 19.5. The van der Waals surface area contributed by atoms with Gasteiger partial charge in [0, 0.05) is 28.5 Å². The Morgan fingerprint density at radius 1 is 1.17 bits per heavy atom. The number of thioether (sulfide) groups is 1. The number of nitrogens with zero attached hydrogens (tertiary/aromatic N) is 3. The Hall–Kier alpha value is -2.83. The fraction of sp³-hybridized carbons (Fsp3) is 0.136. The molecular formula is C22H18ClN3O2S. The minimum absolute atomic E-state index is 0.00700. The fourth-order valence-corrected chi connectivity index (χ4v) is 3.98. The first-order valence-electron chi connectivity index (χ1n) is 9.13. The molecule has 0 aliphatic carbocycles. The van der Waals surface area contributed by atoms with Gasteiger partial charge in [-0.1, -0.05) is 35.5 Å². The Bertz CT molecular complexity index is 1160. The molecule has 2 heterocycles. The maximum absolute atomic E-state index is 12.5. The van der Waals surface area contributed by atoms with Crippen molar-refractivity contribution >= 4 is 34.7 Å². The van der Waals surface area contributed by atoms with Gasteiger partial charge in [-0.05, 0) is 49.4 Å². The molecule has 2 aromatic carbocycles. The van der Waals surface area contributed by atoms with E-state index in [9.17, 15) is 4.79 Å². The van der Waals surface area contributed by atoms with Gasteiger partial charge in [0.1, 0.15) is 10.8 Å². The predicted octanol–water partition coefficient (Wildman–Crippen LogP) is 5.42. The molecule has 7 heteroatoms. The summed E-state index contributed by atoms with van der Waals surface area (Å²) in [5.41, 5.74) is 3.29. The predicted molar refractivity (Wildman–Crippen MR) is 116 cm³/mol. The lowest BCUT2D eigenvalue weighted by Gasteiger charge is -2.03. The third kappa shape index (κ3) is 4.44. The maximum atomic E-state index is 12.5. The van der Waals surface area contributed by atoms with Crippen molar-refractivity contribution in [2.24, 2.45) is 0 Å². The van der Waals surface area contributed by atoms with Gasteiger partial charge in [0.05, 0.1) is 23.6 Å². The second-order valence-corrected chi connectivity index (χ2v) is 7.67. The summed E-state index contributed by atoms with van der Waals surface area (Å²) in [7, 11) is 0. The van der Waals surface area contributed by atoms with Crippen LogP contribution in [0.1, 0.15) is 17.3 Å². The van der Waals surface area contributed by atoms with E-state index >= 15 is 0 Å². The van der Waals surface area contributed by atoms with Crippen LogP contribution in [0.4, 0.5) is 0 Å². The number of fused-ring (bicyclic) bond motifs is 1. The van der Waals surface area contributed by atoms with E-state index in [1.165, 1.54) is 11.8 Å². The van der Waals surface area contributed by atoms with Crippen LogP contribution < -0.4 is 4.74 Å². The summed E-state index contributed by atoms with van der Waals surface area (Å²) in [6, 6.07) is 16.8. The Morgan fingerprint density at radius 3 is 2.76 bits per heavy atom. The van der Waals surface area contributed by atoms with E-state index in [0.717, 1.165) is 27.5 Å². The van der Waals surface area contributed by atoms with Crippen LogP contribution in [0.2, 0.25) is 5.02 Å². The van der Waals surface area contributed by atoms with Crippen LogP contribution in [0.3, 0.4) is 0 Å². The lowest BCUT2D eigenvalue weighted by atomic mass is 10.1. The smallest absolute Gasteiger partial charge is 0.173 e. The van der Waals surface area contributed by atoms with Crippen LogP contribution in [0.25, 0.3) is 16.8 Å². The monoisotopic (exact) mass is 423 g/mol. The highest BCUT2D eigenvalue weighted by Crippen LogP contribution is 2.27. The summed E-state index contributed by atoms with van der Waals surface area (Å²) in [4.78, 5) is 16.9. The molecule has 146 valence electrons. The maximum Gasteiger partial charge on any atom is 0.173 e. The Kier molecular flexibility index (Phi) is 5.83. The van der Waals surface area contributed by atoms with Crippen molar-refractivity contribution in [3.63, 3.8) is 0 Å². The van der Waals surface area contributed by atoms with Crippen LogP contribution in [0, 0.1) is 0 Å². The van der Waals surface area contributed by atoms with Gasteiger partial charge >= 0.3 is 0 Å². The van der Waals surface area contributed by atoms with Crippen molar-refractivity contribution in [2.75, 3.05) is 12.4 Å². The average Bonchev–Trinajstić information content (AvgIpc) is 3.18. The molecule has 0 fully saturated rings. The molecular weight excluding hydrogens is 406 g/mol. The molecule has 29 heavy (non-hydrogen) atoms. The van der Waals surface area contributed by atoms with E-state index in [2.05, 4.69) is 10.1 Å². The fourth-order valence-electron chi connectivity index (χ4n) is 2.92. The topological polar surface area (TPSA) is 56.5 Å². The zero-order valence-corrected chi connectivity index (χ0v) is 17.3. The van der Waals surface area contributed by atoms with Gasteiger partial charge in [-0.15, -0.1) is 0 Å². The van der Waals surface area contributed by atoms with Crippen molar-refractivity contribution in [1.82, 2.24) is 14.6 Å². The molecule has 0 atom stereocenters. The first-order valence-corrected chi connectivity index (χ1v) is 10.5. The van der Waals surface area contributed by atoms with Crippen molar-refractivity contribution in [3.05, 3.63) is 77.6 Å². The number of rotatable bonds is 7. The molecule has 0 amide bonds. The number of ether oxygens (including phenoxy) is 1. The van der Waals surface area contributed by atoms with E-state index < -0.39 is 0 Å². The lowest BCUT2D eigenvalue weighted by Crippen LogP contribution is -2.03. The zero-order valence-electron chi connectivity index (χ0n) is 15.7. The second kappa shape index (κ2) is 8.68. The molecule has 4 aromatic rings. The van der Waals surface area contributed by atoms with Crippen molar-refractivity contribution in [1.29, 1.82) is 0 Å². The van der Waals surface area contributed by atoms with Crippen LogP contribution in [-0.4, -0.2) is 32.7 Å². The summed E-state index contributed by atoms with van der Waals surface area (Å²) in [6.07, 6.45) is 3.49. The summed E-state index contributed by atoms with van der Waals surface area (Å²) < 4.78 is 7.28. The highest BCUT2D eigenvalue weighted by Gasteiger charge is 2.13. The van der Waals surface area contributed by atoms with Gasteiger partial charge in [-0.3, -0.25) is 4.79 Å². The molecule has 2 aromatic heterocycles. The van der Waals surface area contributed by atoms with Gasteiger partial charge in [0.25, 0.3) is 0 Å². The molecule has 0 N–H and O–H groups in total. The van der Waals surface area contributed by atoms with Gasteiger partial charge in [0.2, 0.25) is 0 Å². The molecule has 0 saturated carbocycles. The first-order chi connectivity index (χ1) is 14.1. The summed E-state index contributed by atoms with van der Waals surface area (Å²) in [5.74, 6) is 1.11. The van der Waals surface area contributed by atoms with E-state index in [1.54, 1.807) is 41.2 Å². The number of aromatic nitrogens is 3. The molecule has 0 bridgehead atoms. The minimum Gasteiger partial charge on any atom is -0.494 e. The third-order valence-electron chi connectivity index (χ3n) is 4.30. The van der Waals surface area contributed by atoms with Crippen molar-refractivity contribution in [2.45, 2.75) is 11.9 Å². The quantitative estimate of drug-likeness (QED) is 0.293. The van der Waals surface area contributed by atoms with Crippen molar-refractivity contribution in [3.8, 4) is 17.0 Å². The van der Waals surface area contributed by atoms with Crippen molar-refractivity contribution < 1.29 is 9.53 Å². The number of hydrogen-bond acceptors (Lipinski definition) is 5. The Morgan fingerprint density at radius 2 is 2.00 bits per heavy atom. The van der Waals surface area contributed by atoms with Gasteiger partial charge < -0.3 is 4.74 Å². The minimum atomic E-state index is 0.00700. The zero-order chi connectivity index (χ0) is 20.2. The number of ketones is 1. The van der Waals surface area contributed by atoms with E-state index in [1.807, 2.05) is 37.3 Å². The summed E-state index contributed by atoms with van der Waals surface area (Å²) in [6.45, 7) is 2.59. The molecule has 0 spiro atoms. The Labute approximate surface area is 177 Å². The van der Waals surface area contributed by atoms with Gasteiger partial charge in [0.15, 0.2) is 5.78 Å². The van der Waals surface area contributed by atoms with Crippen LogP contribution >= 0.6 is 23.4 Å². The molecule has 0 aliphatic rings. The molecule has 5 nitrogen and oxygen atoms in total. The SMILES string of the molecule is CCOc1ccc(-c2cc3c(SCC(=O)c4cccc(Cl)c4)nccn3n2)cc1. The standard InChI is InChI=1S/C22H18ClN3O2S/c1-2-28-18-8-6-15(7-9-18)19-13-20-22(24-10-11-26(20)25-19)29-14-21(27)16-4-3-5-17(23)12-16/h3-13H,2,14H2,1H3. The largest absolute Gasteiger partial charge is 0.494 e. The second-order valence-electron chi connectivity index (χ2n) is 6.27. The highest BCUT2D eigenvalue weighted by molar-refractivity contribution is 8.00. The number of Topliss-reactive ketones (excluding diaryl/α,β-unsaturated/α-hetero) is 1.